The number of guanidine groups is 1. The summed E-state index contributed by atoms with van der Waals surface area (Å²) in [6.45, 7) is 14.2. The molecule has 1 aromatic carbocycles. The van der Waals surface area contributed by atoms with Gasteiger partial charge in [-0.1, -0.05) is 0 Å². The summed E-state index contributed by atoms with van der Waals surface area (Å²) in [7, 11) is 1.71. The predicted octanol–water partition coefficient (Wildman–Crippen LogP) is 1.13. The van der Waals surface area contributed by atoms with Crippen LogP contribution in [0.1, 0.15) is 31.9 Å². The summed E-state index contributed by atoms with van der Waals surface area (Å²) in [5.41, 5.74) is 16.5. The standard InChI is InChI=1S/C16H23N7O.C5H12O/c1-10-3-12(18-15-19-14(17)20-21-15)4-11(2)13(10)23-7-16(8-23)5-22(6-16)9-24;1-5(2,3)6-4/h3-4,9,15,18,21H,5-8H2,1-2H3,(H3,17,19,20);1-4H3. The van der Waals surface area contributed by atoms with E-state index < -0.39 is 0 Å². The first kappa shape index (κ1) is 22.2. The van der Waals surface area contributed by atoms with Gasteiger partial charge in [-0.2, -0.15) is 5.43 Å². The fourth-order valence-electron chi connectivity index (χ4n) is 4.12. The Bertz CT molecular complexity index is 781. The van der Waals surface area contributed by atoms with Crippen molar-refractivity contribution < 1.29 is 9.53 Å². The zero-order chi connectivity index (χ0) is 22.1. The van der Waals surface area contributed by atoms with E-state index in [4.69, 9.17) is 10.5 Å². The number of nitrogens with zero attached hydrogens (tertiary/aromatic N) is 3. The molecule has 1 aromatic rings. The fraction of sp³-hybridized carbons (Fsp3) is 0.619. The number of amides is 1. The number of benzene rings is 1. The van der Waals surface area contributed by atoms with E-state index in [9.17, 15) is 4.79 Å². The second kappa shape index (κ2) is 8.31. The largest absolute Gasteiger partial charge is 0.379 e. The monoisotopic (exact) mass is 417 g/mol. The molecule has 1 unspecified atom stereocenters. The lowest BCUT2D eigenvalue weighted by Crippen LogP contribution is -2.72. The van der Waals surface area contributed by atoms with E-state index in [2.05, 4.69) is 52.0 Å². The van der Waals surface area contributed by atoms with E-state index in [1.807, 2.05) is 25.7 Å². The summed E-state index contributed by atoms with van der Waals surface area (Å²) in [4.78, 5) is 19.2. The third-order valence-corrected chi connectivity index (χ3v) is 5.61. The number of hydrogen-bond donors (Lipinski definition) is 4. The van der Waals surface area contributed by atoms with Crippen molar-refractivity contribution in [1.29, 1.82) is 0 Å². The lowest BCUT2D eigenvalue weighted by atomic mass is 9.72. The van der Waals surface area contributed by atoms with Crippen molar-refractivity contribution in [1.82, 2.24) is 15.8 Å². The highest BCUT2D eigenvalue weighted by Crippen LogP contribution is 2.43. The van der Waals surface area contributed by atoms with Crippen LogP contribution in [0.2, 0.25) is 0 Å². The minimum absolute atomic E-state index is 0.0417. The number of ether oxygens (including phenoxy) is 1. The number of nitrogens with two attached hydrogens (primary N) is 1. The van der Waals surface area contributed by atoms with E-state index in [-0.39, 0.29) is 11.9 Å². The highest BCUT2D eigenvalue weighted by molar-refractivity contribution is 5.79. The van der Waals surface area contributed by atoms with Gasteiger partial charge in [-0.3, -0.25) is 10.2 Å². The van der Waals surface area contributed by atoms with Crippen LogP contribution in [0.3, 0.4) is 0 Å². The Morgan fingerprint density at radius 2 is 1.80 bits per heavy atom. The zero-order valence-corrected chi connectivity index (χ0v) is 18.9. The third-order valence-electron chi connectivity index (χ3n) is 5.61. The number of nitrogens with one attached hydrogen (secondary N) is 3. The highest BCUT2D eigenvalue weighted by atomic mass is 16.5. The molecule has 1 amide bonds. The molecule has 30 heavy (non-hydrogen) atoms. The van der Waals surface area contributed by atoms with E-state index >= 15 is 0 Å². The van der Waals surface area contributed by atoms with Crippen molar-refractivity contribution in [3.05, 3.63) is 23.3 Å². The van der Waals surface area contributed by atoms with Crippen LogP contribution >= 0.6 is 0 Å². The van der Waals surface area contributed by atoms with Gasteiger partial charge in [0.25, 0.3) is 0 Å². The first-order chi connectivity index (χ1) is 14.0. The van der Waals surface area contributed by atoms with E-state index in [0.29, 0.717) is 11.4 Å². The molecule has 3 heterocycles. The molecule has 3 aliphatic rings. The van der Waals surface area contributed by atoms with Gasteiger partial charge in [0, 0.05) is 50.1 Å². The van der Waals surface area contributed by atoms with Gasteiger partial charge in [0.1, 0.15) is 0 Å². The maximum Gasteiger partial charge on any atom is 0.209 e. The lowest BCUT2D eigenvalue weighted by Gasteiger charge is -2.60. The third kappa shape index (κ3) is 4.96. The van der Waals surface area contributed by atoms with Crippen molar-refractivity contribution in [2.75, 3.05) is 43.5 Å². The number of rotatable bonds is 4. The second-order valence-corrected chi connectivity index (χ2v) is 9.47. The molecular weight excluding hydrogens is 382 g/mol. The molecular formula is C21H35N7O2. The quantitative estimate of drug-likeness (QED) is 0.544. The SMILES string of the molecule is COC(C)(C)C.Cc1cc(NC2N=C(N)NN2)cc(C)c1N1CC2(CN(C=O)C2)C1. The van der Waals surface area contributed by atoms with Crippen LogP contribution in [0.15, 0.2) is 17.1 Å². The van der Waals surface area contributed by atoms with Crippen LogP contribution in [0.4, 0.5) is 11.4 Å². The number of aliphatic imine (C=N–C) groups is 1. The maximum atomic E-state index is 10.8. The number of methoxy groups -OCH3 is 1. The van der Waals surface area contributed by atoms with Crippen LogP contribution in [0, 0.1) is 19.3 Å². The summed E-state index contributed by atoms with van der Waals surface area (Å²) in [5, 5.41) is 3.30. The number of carbonyl (C=O) groups excluding carboxylic acids is 1. The van der Waals surface area contributed by atoms with Crippen LogP contribution in [0.5, 0.6) is 0 Å². The van der Waals surface area contributed by atoms with Gasteiger partial charge in [-0.05, 0) is 57.9 Å². The lowest BCUT2D eigenvalue weighted by molar-refractivity contribution is -0.130. The van der Waals surface area contributed by atoms with Gasteiger partial charge >= 0.3 is 0 Å². The average Bonchev–Trinajstić information content (AvgIpc) is 2.99. The van der Waals surface area contributed by atoms with Crippen molar-refractivity contribution in [3.8, 4) is 0 Å². The van der Waals surface area contributed by atoms with Crippen LogP contribution in [-0.4, -0.2) is 62.4 Å². The Morgan fingerprint density at radius 1 is 1.23 bits per heavy atom. The number of hydrogen-bond acceptors (Lipinski definition) is 8. The molecule has 1 spiro atoms. The highest BCUT2D eigenvalue weighted by Gasteiger charge is 2.51. The molecule has 0 aliphatic carbocycles. The van der Waals surface area contributed by atoms with Crippen LogP contribution in [0.25, 0.3) is 0 Å². The van der Waals surface area contributed by atoms with E-state index in [1.165, 1.54) is 16.8 Å². The van der Waals surface area contributed by atoms with Gasteiger partial charge in [-0.25, -0.2) is 4.99 Å². The zero-order valence-electron chi connectivity index (χ0n) is 18.9. The molecule has 0 saturated carbocycles. The average molecular weight is 418 g/mol. The number of carbonyl (C=O) groups is 1. The summed E-state index contributed by atoms with van der Waals surface area (Å²) in [5.74, 6) is 0.383. The molecule has 2 fully saturated rings. The van der Waals surface area contributed by atoms with Gasteiger partial charge < -0.3 is 25.6 Å². The van der Waals surface area contributed by atoms with Gasteiger partial charge in [0.2, 0.25) is 12.4 Å². The minimum atomic E-state index is -0.258. The van der Waals surface area contributed by atoms with E-state index in [1.54, 1.807) is 7.11 Å². The van der Waals surface area contributed by atoms with Crippen molar-refractivity contribution in [2.45, 2.75) is 46.5 Å². The smallest absolute Gasteiger partial charge is 0.209 e. The van der Waals surface area contributed by atoms with Crippen molar-refractivity contribution >= 4 is 23.7 Å². The topological polar surface area (TPSA) is 107 Å². The fourth-order valence-corrected chi connectivity index (χ4v) is 4.12. The Balaban J connectivity index is 0.000000377. The second-order valence-electron chi connectivity index (χ2n) is 9.47. The predicted molar refractivity (Wildman–Crippen MR) is 120 cm³/mol. The van der Waals surface area contributed by atoms with Crippen molar-refractivity contribution in [3.63, 3.8) is 0 Å². The van der Waals surface area contributed by atoms with Crippen LogP contribution < -0.4 is 26.8 Å². The van der Waals surface area contributed by atoms with Gasteiger partial charge in [0.05, 0.1) is 5.60 Å². The molecule has 3 aliphatic heterocycles. The Kier molecular flexibility index (Phi) is 6.14. The Morgan fingerprint density at radius 3 is 2.23 bits per heavy atom. The molecule has 0 bridgehead atoms. The normalized spacial score (nSPS) is 21.7. The van der Waals surface area contributed by atoms with Gasteiger partial charge in [0.15, 0.2) is 6.29 Å². The number of aryl methyl sites for hydroxylation is 2. The molecule has 1 atom stereocenters. The molecule has 166 valence electrons. The number of hydrazine groups is 1. The first-order valence-corrected chi connectivity index (χ1v) is 10.3. The Labute approximate surface area is 179 Å². The minimum Gasteiger partial charge on any atom is -0.379 e. The van der Waals surface area contributed by atoms with Crippen LogP contribution in [-0.2, 0) is 9.53 Å². The molecule has 2 saturated heterocycles. The number of likely N-dealkylation sites (tertiary alicyclic amines) is 1. The first-order valence-electron chi connectivity index (χ1n) is 10.3. The van der Waals surface area contributed by atoms with Gasteiger partial charge in [-0.15, -0.1) is 0 Å². The molecule has 9 heteroatoms. The molecule has 9 nitrogen and oxygen atoms in total. The summed E-state index contributed by atoms with van der Waals surface area (Å²) >= 11 is 0. The molecule has 4 rings (SSSR count). The molecule has 0 radical (unpaired) electrons. The summed E-state index contributed by atoms with van der Waals surface area (Å²) in [6.07, 6.45) is 0.692. The molecule has 5 N–H and O–H groups in total. The summed E-state index contributed by atoms with van der Waals surface area (Å²) in [6, 6.07) is 4.27. The molecule has 0 aromatic heterocycles. The van der Waals surface area contributed by atoms with E-state index in [0.717, 1.165) is 38.3 Å². The maximum absolute atomic E-state index is 10.8. The Hall–Kier alpha value is -2.52. The number of anilines is 2. The van der Waals surface area contributed by atoms with Crippen molar-refractivity contribution in [2.24, 2.45) is 16.1 Å². The summed E-state index contributed by atoms with van der Waals surface area (Å²) < 4.78 is 4.94.